The zero-order chi connectivity index (χ0) is 17.0. The van der Waals surface area contributed by atoms with Gasteiger partial charge >= 0.3 is 5.97 Å². The molecule has 0 aromatic heterocycles. The van der Waals surface area contributed by atoms with Gasteiger partial charge in [0.15, 0.2) is 6.04 Å². The van der Waals surface area contributed by atoms with Gasteiger partial charge in [-0.15, -0.1) is 0 Å². The Labute approximate surface area is 145 Å². The third-order valence-corrected chi connectivity index (χ3v) is 3.55. The number of hydrazine groups is 2. The van der Waals surface area contributed by atoms with Gasteiger partial charge in [-0.1, -0.05) is 23.2 Å². The largest absolute Gasteiger partial charge is 0.467 e. The van der Waals surface area contributed by atoms with Crippen molar-refractivity contribution in [2.75, 3.05) is 34.3 Å². The third-order valence-electron chi connectivity index (χ3n) is 3.11. The summed E-state index contributed by atoms with van der Waals surface area (Å²) in [5.74, 6) is -0.00864. The number of hydrogen-bond donors (Lipinski definition) is 2. The number of aliphatic imine (C=N–C) groups is 1. The molecular weight excluding hydrogens is 341 g/mol. The van der Waals surface area contributed by atoms with Gasteiger partial charge in [0, 0.05) is 23.1 Å². The molecule has 1 aromatic carbocycles. The van der Waals surface area contributed by atoms with E-state index in [-0.39, 0.29) is 0 Å². The van der Waals surface area contributed by atoms with E-state index in [1.54, 1.807) is 23.3 Å². The number of benzene rings is 1. The van der Waals surface area contributed by atoms with Crippen molar-refractivity contribution < 1.29 is 9.53 Å². The lowest BCUT2D eigenvalue weighted by Gasteiger charge is -2.18. The first kappa shape index (κ1) is 18.0. The molecule has 0 amide bonds. The van der Waals surface area contributed by atoms with Gasteiger partial charge in [-0.3, -0.25) is 5.43 Å². The van der Waals surface area contributed by atoms with Gasteiger partial charge < -0.3 is 9.64 Å². The van der Waals surface area contributed by atoms with Crippen LogP contribution in [0.4, 0.5) is 5.69 Å². The molecule has 0 aliphatic carbocycles. The van der Waals surface area contributed by atoms with E-state index in [9.17, 15) is 4.79 Å². The lowest BCUT2D eigenvalue weighted by atomic mass is 10.3. The second-order valence-electron chi connectivity index (χ2n) is 5.28. The monoisotopic (exact) mass is 359 g/mol. The SMILES string of the molecule is COC(=O)C1NN(CCN(C)C)NC1=Nc1cc(Cl)cc(Cl)c1. The van der Waals surface area contributed by atoms with E-state index < -0.39 is 12.0 Å². The number of esters is 1. The molecule has 1 aliphatic rings. The molecule has 0 radical (unpaired) electrons. The number of nitrogens with one attached hydrogen (secondary N) is 2. The Hall–Kier alpha value is -1.38. The fraction of sp³-hybridized carbons (Fsp3) is 0.429. The summed E-state index contributed by atoms with van der Waals surface area (Å²) in [4.78, 5) is 18.4. The first-order valence-electron chi connectivity index (χ1n) is 6.96. The first-order valence-corrected chi connectivity index (χ1v) is 7.72. The van der Waals surface area contributed by atoms with Gasteiger partial charge in [-0.25, -0.2) is 15.2 Å². The van der Waals surface area contributed by atoms with Gasteiger partial charge in [0.05, 0.1) is 12.8 Å². The molecule has 1 heterocycles. The fourth-order valence-corrected chi connectivity index (χ4v) is 2.50. The molecule has 23 heavy (non-hydrogen) atoms. The second kappa shape index (κ2) is 7.94. The van der Waals surface area contributed by atoms with E-state index in [1.165, 1.54) is 7.11 Å². The molecule has 1 aromatic rings. The molecule has 1 saturated heterocycles. The first-order chi connectivity index (χ1) is 10.9. The Kier molecular flexibility index (Phi) is 6.20. The van der Waals surface area contributed by atoms with Crippen LogP contribution in [0.3, 0.4) is 0 Å². The molecule has 0 spiro atoms. The highest BCUT2D eigenvalue weighted by atomic mass is 35.5. The number of methoxy groups -OCH3 is 1. The third kappa shape index (κ3) is 5.05. The van der Waals surface area contributed by atoms with Crippen LogP contribution in [0.25, 0.3) is 0 Å². The Bertz CT molecular complexity index is 589. The van der Waals surface area contributed by atoms with Crippen molar-refractivity contribution in [3.63, 3.8) is 0 Å². The van der Waals surface area contributed by atoms with Crippen LogP contribution >= 0.6 is 23.2 Å². The van der Waals surface area contributed by atoms with Crippen molar-refractivity contribution in [3.8, 4) is 0 Å². The molecule has 1 atom stereocenters. The summed E-state index contributed by atoms with van der Waals surface area (Å²) in [5, 5.41) is 2.65. The molecule has 1 unspecified atom stereocenters. The molecule has 7 nitrogen and oxygen atoms in total. The van der Waals surface area contributed by atoms with Gasteiger partial charge in [0.2, 0.25) is 0 Å². The summed E-state index contributed by atoms with van der Waals surface area (Å²) in [6.45, 7) is 1.44. The summed E-state index contributed by atoms with van der Waals surface area (Å²) in [7, 11) is 5.27. The minimum atomic E-state index is -0.708. The summed E-state index contributed by atoms with van der Waals surface area (Å²) < 4.78 is 4.81. The van der Waals surface area contributed by atoms with E-state index in [0.717, 1.165) is 6.54 Å². The maximum atomic E-state index is 11.9. The highest BCUT2D eigenvalue weighted by Crippen LogP contribution is 2.25. The van der Waals surface area contributed by atoms with Crippen LogP contribution < -0.4 is 10.9 Å². The van der Waals surface area contributed by atoms with E-state index in [2.05, 4.69) is 15.8 Å². The van der Waals surface area contributed by atoms with Crippen LogP contribution in [0.1, 0.15) is 0 Å². The van der Waals surface area contributed by atoms with Crippen molar-refractivity contribution in [2.24, 2.45) is 4.99 Å². The van der Waals surface area contributed by atoms with Crippen molar-refractivity contribution in [3.05, 3.63) is 28.2 Å². The topological polar surface area (TPSA) is 69.2 Å². The molecule has 126 valence electrons. The second-order valence-corrected chi connectivity index (χ2v) is 6.15. The number of amidine groups is 1. The predicted molar refractivity (Wildman–Crippen MR) is 90.9 cm³/mol. The quantitative estimate of drug-likeness (QED) is 0.775. The zero-order valence-corrected chi connectivity index (χ0v) is 14.6. The number of likely N-dealkylation sites (N-methyl/N-ethyl adjacent to an activating group) is 1. The maximum absolute atomic E-state index is 11.9. The standard InChI is InChI=1S/C14H19Cl2N5O2/c1-20(2)4-5-21-18-12(14(22)23-3)13(19-21)17-11-7-9(15)6-10(16)8-11/h6-8,12,18H,4-5H2,1-3H3,(H,17,19). The molecule has 1 aliphatic heterocycles. The highest BCUT2D eigenvalue weighted by Gasteiger charge is 2.34. The number of carbonyl (C=O) groups is 1. The van der Waals surface area contributed by atoms with Crippen molar-refractivity contribution >= 4 is 40.7 Å². The summed E-state index contributed by atoms with van der Waals surface area (Å²) in [5.41, 5.74) is 6.63. The Morgan fingerprint density at radius 1 is 1.35 bits per heavy atom. The van der Waals surface area contributed by atoms with E-state index in [1.807, 2.05) is 19.0 Å². The van der Waals surface area contributed by atoms with E-state index in [0.29, 0.717) is 28.1 Å². The molecule has 0 saturated carbocycles. The lowest BCUT2D eigenvalue weighted by molar-refractivity contribution is -0.141. The number of rotatable bonds is 5. The number of carbonyl (C=O) groups excluding carboxylic acids is 1. The zero-order valence-electron chi connectivity index (χ0n) is 13.1. The van der Waals surface area contributed by atoms with Crippen LogP contribution in [0.5, 0.6) is 0 Å². The normalized spacial score (nSPS) is 20.1. The number of hydrogen-bond acceptors (Lipinski definition) is 6. The maximum Gasteiger partial charge on any atom is 0.332 e. The summed E-state index contributed by atoms with van der Waals surface area (Å²) in [6.07, 6.45) is 0. The predicted octanol–water partition coefficient (Wildman–Crippen LogP) is 1.45. The van der Waals surface area contributed by atoms with E-state index >= 15 is 0 Å². The van der Waals surface area contributed by atoms with Crippen molar-refractivity contribution in [2.45, 2.75) is 6.04 Å². The van der Waals surface area contributed by atoms with Gasteiger partial charge in [0.25, 0.3) is 0 Å². The molecule has 9 heteroatoms. The number of nitrogens with zero attached hydrogens (tertiary/aromatic N) is 3. The fourth-order valence-electron chi connectivity index (χ4n) is 1.99. The van der Waals surface area contributed by atoms with Crippen LogP contribution in [0.15, 0.2) is 23.2 Å². The Morgan fingerprint density at radius 3 is 2.57 bits per heavy atom. The van der Waals surface area contributed by atoms with Crippen LogP contribution in [-0.4, -0.2) is 62.2 Å². The Balaban J connectivity index is 2.21. The number of halogens is 2. The average molecular weight is 360 g/mol. The number of ether oxygens (including phenoxy) is 1. The minimum Gasteiger partial charge on any atom is -0.467 e. The molecule has 0 bridgehead atoms. The summed E-state index contributed by atoms with van der Waals surface area (Å²) in [6, 6.07) is 4.24. The molecule has 2 rings (SSSR count). The smallest absolute Gasteiger partial charge is 0.332 e. The molecular formula is C14H19Cl2N5O2. The van der Waals surface area contributed by atoms with Crippen LogP contribution in [0.2, 0.25) is 10.0 Å². The lowest BCUT2D eigenvalue weighted by Crippen LogP contribution is -2.45. The van der Waals surface area contributed by atoms with Gasteiger partial charge in [0.1, 0.15) is 5.84 Å². The van der Waals surface area contributed by atoms with Gasteiger partial charge in [-0.05, 0) is 32.3 Å². The Morgan fingerprint density at radius 2 is 2.00 bits per heavy atom. The summed E-state index contributed by atoms with van der Waals surface area (Å²) >= 11 is 12.0. The minimum absolute atomic E-state index is 0.425. The van der Waals surface area contributed by atoms with Crippen molar-refractivity contribution in [1.29, 1.82) is 0 Å². The molecule has 2 N–H and O–H groups in total. The average Bonchev–Trinajstić information content (AvgIpc) is 2.86. The van der Waals surface area contributed by atoms with E-state index in [4.69, 9.17) is 27.9 Å². The molecule has 1 fully saturated rings. The van der Waals surface area contributed by atoms with Gasteiger partial charge in [-0.2, -0.15) is 5.12 Å². The van der Waals surface area contributed by atoms with Crippen molar-refractivity contribution in [1.82, 2.24) is 20.9 Å². The van der Waals surface area contributed by atoms with Crippen LogP contribution in [-0.2, 0) is 9.53 Å². The highest BCUT2D eigenvalue weighted by molar-refractivity contribution is 6.35. The van der Waals surface area contributed by atoms with Crippen LogP contribution in [0, 0.1) is 0 Å².